The van der Waals surface area contributed by atoms with Gasteiger partial charge in [-0.3, -0.25) is 19.2 Å². The Morgan fingerprint density at radius 2 is 1.69 bits per heavy atom. The van der Waals surface area contributed by atoms with E-state index >= 15 is 0 Å². The maximum Gasteiger partial charge on any atom is 0.421 e. The van der Waals surface area contributed by atoms with Crippen LogP contribution in [0.25, 0.3) is 0 Å². The number of benzene rings is 1. The predicted octanol–water partition coefficient (Wildman–Crippen LogP) is 0.399. The van der Waals surface area contributed by atoms with Gasteiger partial charge >= 0.3 is 6.18 Å². The van der Waals surface area contributed by atoms with Gasteiger partial charge in [-0.25, -0.2) is 0 Å². The van der Waals surface area contributed by atoms with Crippen LogP contribution in [0.5, 0.6) is 0 Å². The number of amides is 3. The van der Waals surface area contributed by atoms with Crippen LogP contribution < -0.4 is 21.9 Å². The van der Waals surface area contributed by atoms with Crippen molar-refractivity contribution >= 4 is 17.7 Å². The molecule has 0 aliphatic carbocycles. The van der Waals surface area contributed by atoms with Crippen LogP contribution in [-0.2, 0) is 28.9 Å². The molecule has 8 nitrogen and oxygen atoms in total. The fourth-order valence-corrected chi connectivity index (χ4v) is 2.33. The van der Waals surface area contributed by atoms with Crippen LogP contribution in [0.3, 0.4) is 0 Å². The van der Waals surface area contributed by atoms with Crippen LogP contribution in [0, 0.1) is 0 Å². The SMILES string of the molecule is NC(=O)CNC(=O)c1ccc(CNC(=O)Cn2cccc(C(F)(F)F)c2=O)cc1. The zero-order valence-electron chi connectivity index (χ0n) is 15.0. The van der Waals surface area contributed by atoms with E-state index in [1.807, 2.05) is 0 Å². The molecule has 0 saturated heterocycles. The van der Waals surface area contributed by atoms with Gasteiger partial charge < -0.3 is 20.9 Å². The van der Waals surface area contributed by atoms with Crippen molar-refractivity contribution < 1.29 is 27.6 Å². The minimum absolute atomic E-state index is 0.0374. The molecule has 29 heavy (non-hydrogen) atoms. The number of hydrogen-bond donors (Lipinski definition) is 3. The van der Waals surface area contributed by atoms with Gasteiger partial charge in [0.25, 0.3) is 11.5 Å². The number of alkyl halides is 3. The van der Waals surface area contributed by atoms with E-state index < -0.39 is 41.6 Å². The van der Waals surface area contributed by atoms with Crippen LogP contribution in [0.2, 0.25) is 0 Å². The molecule has 0 saturated carbocycles. The first-order chi connectivity index (χ1) is 13.6. The van der Waals surface area contributed by atoms with Crippen molar-refractivity contribution in [3.8, 4) is 0 Å². The Morgan fingerprint density at radius 3 is 2.28 bits per heavy atom. The standard InChI is InChI=1S/C18H17F3N4O4/c19-18(20,21)13-2-1-7-25(17(13)29)10-15(27)23-8-11-3-5-12(6-4-11)16(28)24-9-14(22)26/h1-7H,8-10H2,(H2,22,26)(H,23,27)(H,24,28). The lowest BCUT2D eigenvalue weighted by atomic mass is 10.1. The van der Waals surface area contributed by atoms with Crippen LogP contribution in [-0.4, -0.2) is 28.8 Å². The largest absolute Gasteiger partial charge is 0.421 e. The second-order valence-corrected chi connectivity index (χ2v) is 5.98. The first-order valence-corrected chi connectivity index (χ1v) is 8.26. The first kappa shape index (κ1) is 21.7. The van der Waals surface area contributed by atoms with Crippen LogP contribution in [0.4, 0.5) is 13.2 Å². The minimum atomic E-state index is -4.80. The molecule has 0 aliphatic rings. The highest BCUT2D eigenvalue weighted by Gasteiger charge is 2.34. The molecule has 0 radical (unpaired) electrons. The van der Waals surface area contributed by atoms with Crippen LogP contribution in [0.15, 0.2) is 47.4 Å². The molecule has 2 aromatic rings. The summed E-state index contributed by atoms with van der Waals surface area (Å²) in [5.74, 6) is -1.84. The Bertz CT molecular complexity index is 968. The lowest BCUT2D eigenvalue weighted by molar-refractivity contribution is -0.139. The molecule has 0 fully saturated rings. The molecule has 4 N–H and O–H groups in total. The van der Waals surface area contributed by atoms with Crippen LogP contribution in [0.1, 0.15) is 21.5 Å². The monoisotopic (exact) mass is 410 g/mol. The smallest absolute Gasteiger partial charge is 0.368 e. The molecule has 1 aromatic heterocycles. The molecule has 0 bridgehead atoms. The Morgan fingerprint density at radius 1 is 1.03 bits per heavy atom. The summed E-state index contributed by atoms with van der Waals surface area (Å²) in [4.78, 5) is 46.2. The number of aromatic nitrogens is 1. The average molecular weight is 410 g/mol. The van der Waals surface area contributed by atoms with Crippen molar-refractivity contribution in [3.63, 3.8) is 0 Å². The third-order valence-electron chi connectivity index (χ3n) is 3.77. The van der Waals surface area contributed by atoms with Gasteiger partial charge in [-0.2, -0.15) is 13.2 Å². The van der Waals surface area contributed by atoms with E-state index in [-0.39, 0.29) is 18.7 Å². The molecule has 1 heterocycles. The van der Waals surface area contributed by atoms with Gasteiger partial charge in [0.15, 0.2) is 0 Å². The van der Waals surface area contributed by atoms with Crippen molar-refractivity contribution in [2.75, 3.05) is 6.54 Å². The van der Waals surface area contributed by atoms with Crippen molar-refractivity contribution in [2.24, 2.45) is 5.73 Å². The Labute approximate surface area is 162 Å². The third-order valence-corrected chi connectivity index (χ3v) is 3.77. The van der Waals surface area contributed by atoms with E-state index in [0.717, 1.165) is 12.3 Å². The van der Waals surface area contributed by atoms with Gasteiger partial charge in [0.2, 0.25) is 11.8 Å². The number of hydrogen-bond acceptors (Lipinski definition) is 4. The highest BCUT2D eigenvalue weighted by atomic mass is 19.4. The summed E-state index contributed by atoms with van der Waals surface area (Å²) >= 11 is 0. The lowest BCUT2D eigenvalue weighted by Gasteiger charge is -2.11. The fourth-order valence-electron chi connectivity index (χ4n) is 2.33. The van der Waals surface area contributed by atoms with Crippen molar-refractivity contribution in [1.29, 1.82) is 0 Å². The fraction of sp³-hybridized carbons (Fsp3) is 0.222. The number of pyridine rings is 1. The molecule has 0 aliphatic heterocycles. The minimum Gasteiger partial charge on any atom is -0.368 e. The maximum atomic E-state index is 12.7. The summed E-state index contributed by atoms with van der Waals surface area (Å²) in [6.45, 7) is -0.836. The number of nitrogens with one attached hydrogen (secondary N) is 2. The molecule has 3 amide bonds. The molecule has 0 spiro atoms. The van der Waals surface area contributed by atoms with E-state index in [2.05, 4.69) is 10.6 Å². The first-order valence-electron chi connectivity index (χ1n) is 8.26. The van der Waals surface area contributed by atoms with Crippen molar-refractivity contribution in [2.45, 2.75) is 19.3 Å². The van der Waals surface area contributed by atoms with Gasteiger partial charge in [0.1, 0.15) is 12.1 Å². The normalized spacial score (nSPS) is 11.0. The van der Waals surface area contributed by atoms with E-state index in [1.54, 1.807) is 12.1 Å². The molecular formula is C18H17F3N4O4. The van der Waals surface area contributed by atoms with E-state index in [4.69, 9.17) is 5.73 Å². The Balaban J connectivity index is 1.94. The summed E-state index contributed by atoms with van der Waals surface area (Å²) in [6.07, 6.45) is -3.71. The molecule has 1 aromatic carbocycles. The molecule has 2 rings (SSSR count). The van der Waals surface area contributed by atoms with Crippen molar-refractivity contribution in [3.05, 3.63) is 69.6 Å². The highest BCUT2D eigenvalue weighted by Crippen LogP contribution is 2.25. The maximum absolute atomic E-state index is 12.7. The number of rotatable bonds is 7. The average Bonchev–Trinajstić information content (AvgIpc) is 2.65. The Hall–Kier alpha value is -3.63. The number of carbonyl (C=O) groups excluding carboxylic acids is 3. The molecule has 154 valence electrons. The summed E-state index contributed by atoms with van der Waals surface area (Å²) in [5.41, 5.74) is 3.17. The summed E-state index contributed by atoms with van der Waals surface area (Å²) in [7, 11) is 0. The van der Waals surface area contributed by atoms with E-state index in [1.165, 1.54) is 12.1 Å². The predicted molar refractivity (Wildman–Crippen MR) is 95.5 cm³/mol. The zero-order chi connectivity index (χ0) is 21.6. The Kier molecular flexibility index (Phi) is 6.75. The number of halogens is 3. The quantitative estimate of drug-likeness (QED) is 0.611. The van der Waals surface area contributed by atoms with Gasteiger partial charge in [-0.05, 0) is 29.8 Å². The third kappa shape index (κ3) is 6.19. The lowest BCUT2D eigenvalue weighted by Crippen LogP contribution is -2.34. The number of carbonyl (C=O) groups is 3. The van der Waals surface area contributed by atoms with E-state index in [9.17, 15) is 32.3 Å². The van der Waals surface area contributed by atoms with Gasteiger partial charge in [0.05, 0.1) is 6.54 Å². The summed E-state index contributed by atoms with van der Waals surface area (Å²) in [6, 6.07) is 7.73. The van der Waals surface area contributed by atoms with Crippen LogP contribution >= 0.6 is 0 Å². The van der Waals surface area contributed by atoms with Gasteiger partial charge in [-0.1, -0.05) is 12.1 Å². The topological polar surface area (TPSA) is 123 Å². The number of nitrogens with zero attached hydrogens (tertiary/aromatic N) is 1. The second kappa shape index (κ2) is 9.04. The van der Waals surface area contributed by atoms with Gasteiger partial charge in [0, 0.05) is 18.3 Å². The zero-order valence-corrected chi connectivity index (χ0v) is 15.0. The summed E-state index contributed by atoms with van der Waals surface area (Å²) in [5, 5.41) is 4.80. The van der Waals surface area contributed by atoms with Gasteiger partial charge in [-0.15, -0.1) is 0 Å². The molecule has 0 unspecified atom stereocenters. The van der Waals surface area contributed by atoms with Crippen molar-refractivity contribution in [1.82, 2.24) is 15.2 Å². The highest BCUT2D eigenvalue weighted by molar-refractivity contribution is 5.96. The molecule has 11 heteroatoms. The summed E-state index contributed by atoms with van der Waals surface area (Å²) < 4.78 is 38.9. The number of primary amides is 1. The molecular weight excluding hydrogens is 393 g/mol. The number of nitrogens with two attached hydrogens (primary N) is 1. The van der Waals surface area contributed by atoms with E-state index in [0.29, 0.717) is 16.2 Å². The molecule has 0 atom stereocenters. The second-order valence-electron chi connectivity index (χ2n) is 5.98.